The van der Waals surface area contributed by atoms with Gasteiger partial charge in [-0.25, -0.2) is 0 Å². The molecule has 1 aliphatic heterocycles. The van der Waals surface area contributed by atoms with E-state index in [1.54, 1.807) is 7.05 Å². The number of hydrogen-bond donors (Lipinski definition) is 2. The molecule has 2 rings (SSSR count). The smallest absolute Gasteiger partial charge is 0.217 e. The lowest BCUT2D eigenvalue weighted by Gasteiger charge is -2.34. The Morgan fingerprint density at radius 2 is 2.15 bits per heavy atom. The molecule has 1 heterocycles. The topological polar surface area (TPSA) is 80.0 Å². The van der Waals surface area contributed by atoms with Gasteiger partial charge in [0.05, 0.1) is 0 Å². The third kappa shape index (κ3) is 6.77. The molecule has 3 N–H and O–H groups in total. The van der Waals surface area contributed by atoms with Crippen LogP contribution in [0.5, 0.6) is 5.75 Å². The summed E-state index contributed by atoms with van der Waals surface area (Å²) >= 11 is 0. The summed E-state index contributed by atoms with van der Waals surface area (Å²) in [7, 11) is 1.79. The molecule has 0 aromatic heterocycles. The number of primary amides is 1. The fourth-order valence-electron chi connectivity index (χ4n) is 3.45. The van der Waals surface area contributed by atoms with Gasteiger partial charge in [-0.2, -0.15) is 0 Å². The average molecular weight is 375 g/mol. The Bertz CT molecular complexity index is 679. The monoisotopic (exact) mass is 374 g/mol. The van der Waals surface area contributed by atoms with Crippen LogP contribution in [0.25, 0.3) is 0 Å². The van der Waals surface area contributed by atoms with Gasteiger partial charge < -0.3 is 20.7 Å². The molecule has 1 saturated heterocycles. The van der Waals surface area contributed by atoms with Gasteiger partial charge in [0.1, 0.15) is 11.4 Å². The summed E-state index contributed by atoms with van der Waals surface area (Å²) in [6.45, 7) is 10.6. The number of aryl methyl sites for hydroxylation is 1. The molecular formula is C21H34N4O2. The van der Waals surface area contributed by atoms with Crippen LogP contribution < -0.4 is 15.8 Å². The Morgan fingerprint density at radius 3 is 2.78 bits per heavy atom. The molecule has 1 fully saturated rings. The van der Waals surface area contributed by atoms with E-state index in [-0.39, 0.29) is 11.5 Å². The summed E-state index contributed by atoms with van der Waals surface area (Å²) in [4.78, 5) is 17.9. The first kappa shape index (κ1) is 21.1. The fraction of sp³-hybridized carbons (Fsp3) is 0.619. The van der Waals surface area contributed by atoms with E-state index >= 15 is 0 Å². The number of aliphatic imine (C=N–C) groups is 1. The molecule has 6 nitrogen and oxygen atoms in total. The second kappa shape index (κ2) is 9.11. The van der Waals surface area contributed by atoms with Gasteiger partial charge in [0.15, 0.2) is 5.96 Å². The number of rotatable bonds is 5. The third-order valence-corrected chi connectivity index (χ3v) is 4.60. The fourth-order valence-corrected chi connectivity index (χ4v) is 3.45. The number of hydrogen-bond acceptors (Lipinski definition) is 3. The first-order valence-electron chi connectivity index (χ1n) is 9.70. The van der Waals surface area contributed by atoms with E-state index in [0.29, 0.717) is 18.9 Å². The number of nitrogens with two attached hydrogens (primary N) is 1. The van der Waals surface area contributed by atoms with Crippen LogP contribution in [0.4, 0.5) is 0 Å². The molecule has 1 aromatic carbocycles. The number of nitrogens with zero attached hydrogens (tertiary/aromatic N) is 2. The average Bonchev–Trinajstić information content (AvgIpc) is 2.55. The Labute approximate surface area is 163 Å². The van der Waals surface area contributed by atoms with Crippen molar-refractivity contribution in [2.75, 3.05) is 20.1 Å². The predicted molar refractivity (Wildman–Crippen MR) is 110 cm³/mol. The maximum absolute atomic E-state index is 11.2. The van der Waals surface area contributed by atoms with Crippen molar-refractivity contribution >= 4 is 11.9 Å². The number of ether oxygens (including phenoxy) is 1. The van der Waals surface area contributed by atoms with Crippen molar-refractivity contribution in [1.82, 2.24) is 10.2 Å². The zero-order valence-corrected chi connectivity index (χ0v) is 17.3. The minimum Gasteiger partial charge on any atom is -0.488 e. The van der Waals surface area contributed by atoms with E-state index in [9.17, 15) is 4.79 Å². The molecule has 150 valence electrons. The molecule has 0 bridgehead atoms. The number of piperidine rings is 1. The lowest BCUT2D eigenvalue weighted by Crippen LogP contribution is -2.47. The minimum atomic E-state index is -0.251. The summed E-state index contributed by atoms with van der Waals surface area (Å²) < 4.78 is 6.14. The molecule has 1 aromatic rings. The third-order valence-electron chi connectivity index (χ3n) is 4.60. The Morgan fingerprint density at radius 1 is 1.41 bits per heavy atom. The van der Waals surface area contributed by atoms with Crippen LogP contribution in [0.1, 0.15) is 51.2 Å². The van der Waals surface area contributed by atoms with Gasteiger partial charge in [0.2, 0.25) is 5.91 Å². The second-order valence-corrected chi connectivity index (χ2v) is 8.35. The number of carbonyl (C=O) groups is 1. The largest absolute Gasteiger partial charge is 0.488 e. The van der Waals surface area contributed by atoms with Crippen molar-refractivity contribution in [2.24, 2.45) is 16.6 Å². The quantitative estimate of drug-likeness (QED) is 0.613. The Balaban J connectivity index is 2.05. The number of amides is 1. The summed E-state index contributed by atoms with van der Waals surface area (Å²) in [5.74, 6) is 1.82. The van der Waals surface area contributed by atoms with Gasteiger partial charge in [-0.1, -0.05) is 12.1 Å². The van der Waals surface area contributed by atoms with Crippen molar-refractivity contribution in [1.29, 1.82) is 0 Å². The van der Waals surface area contributed by atoms with Crippen LogP contribution in [-0.4, -0.2) is 42.5 Å². The summed E-state index contributed by atoms with van der Waals surface area (Å²) in [6, 6.07) is 6.27. The van der Waals surface area contributed by atoms with E-state index in [4.69, 9.17) is 10.5 Å². The van der Waals surface area contributed by atoms with Gasteiger partial charge in [0.25, 0.3) is 0 Å². The molecule has 0 radical (unpaired) electrons. The molecule has 0 spiro atoms. The summed E-state index contributed by atoms with van der Waals surface area (Å²) in [5, 5.41) is 3.45. The van der Waals surface area contributed by atoms with E-state index in [2.05, 4.69) is 61.1 Å². The molecule has 1 unspecified atom stereocenters. The van der Waals surface area contributed by atoms with Gasteiger partial charge in [-0.3, -0.25) is 9.79 Å². The molecule has 1 aliphatic rings. The molecule has 6 heteroatoms. The summed E-state index contributed by atoms with van der Waals surface area (Å²) in [5.41, 5.74) is 7.40. The summed E-state index contributed by atoms with van der Waals surface area (Å²) in [6.07, 6.45) is 2.52. The van der Waals surface area contributed by atoms with Crippen LogP contribution in [0.15, 0.2) is 23.2 Å². The normalized spacial score (nSPS) is 18.3. The molecule has 27 heavy (non-hydrogen) atoms. The Hall–Kier alpha value is -2.24. The van der Waals surface area contributed by atoms with E-state index in [1.165, 1.54) is 5.56 Å². The first-order chi connectivity index (χ1) is 12.7. The zero-order valence-electron chi connectivity index (χ0n) is 17.3. The highest BCUT2D eigenvalue weighted by atomic mass is 16.5. The first-order valence-corrected chi connectivity index (χ1v) is 9.70. The standard InChI is InChI=1S/C21H34N4O2/c1-15-8-9-17(18(11-15)27-21(2,3)4)13-24-20(23-5)25-10-6-7-16(14-25)12-19(22)26/h8-9,11,16H,6-7,10,12-14H2,1-5H3,(H2,22,26)(H,23,24). The molecule has 0 saturated carbocycles. The highest BCUT2D eigenvalue weighted by Crippen LogP contribution is 2.25. The van der Waals surface area contributed by atoms with E-state index in [0.717, 1.165) is 43.2 Å². The minimum absolute atomic E-state index is 0.228. The molecule has 1 atom stereocenters. The Kier molecular flexibility index (Phi) is 7.11. The van der Waals surface area contributed by atoms with Crippen LogP contribution in [0.3, 0.4) is 0 Å². The van der Waals surface area contributed by atoms with E-state index in [1.807, 2.05) is 0 Å². The maximum atomic E-state index is 11.2. The molecule has 0 aliphatic carbocycles. The highest BCUT2D eigenvalue weighted by molar-refractivity contribution is 5.80. The number of benzene rings is 1. The predicted octanol–water partition coefficient (Wildman–Crippen LogP) is 2.84. The van der Waals surface area contributed by atoms with Crippen molar-refractivity contribution < 1.29 is 9.53 Å². The lowest BCUT2D eigenvalue weighted by molar-refractivity contribution is -0.119. The van der Waals surface area contributed by atoms with Crippen molar-refractivity contribution in [3.8, 4) is 5.75 Å². The van der Waals surface area contributed by atoms with Crippen molar-refractivity contribution in [3.05, 3.63) is 29.3 Å². The van der Waals surface area contributed by atoms with Gasteiger partial charge in [-0.15, -0.1) is 0 Å². The van der Waals surface area contributed by atoms with Crippen LogP contribution in [0, 0.1) is 12.8 Å². The maximum Gasteiger partial charge on any atom is 0.217 e. The van der Waals surface area contributed by atoms with Crippen molar-refractivity contribution in [2.45, 2.75) is 59.1 Å². The molecular weight excluding hydrogens is 340 g/mol. The van der Waals surface area contributed by atoms with Crippen LogP contribution >= 0.6 is 0 Å². The van der Waals surface area contributed by atoms with Crippen LogP contribution in [0.2, 0.25) is 0 Å². The van der Waals surface area contributed by atoms with Gasteiger partial charge >= 0.3 is 0 Å². The SMILES string of the molecule is CN=C(NCc1ccc(C)cc1OC(C)(C)C)N1CCCC(CC(N)=O)C1. The van der Waals surface area contributed by atoms with Crippen LogP contribution in [-0.2, 0) is 11.3 Å². The second-order valence-electron chi connectivity index (χ2n) is 8.35. The molecule has 1 amide bonds. The number of likely N-dealkylation sites (tertiary alicyclic amines) is 1. The lowest BCUT2D eigenvalue weighted by atomic mass is 9.95. The van der Waals surface area contributed by atoms with Gasteiger partial charge in [0, 0.05) is 38.7 Å². The number of guanidine groups is 1. The highest BCUT2D eigenvalue weighted by Gasteiger charge is 2.24. The number of nitrogens with one attached hydrogen (secondary N) is 1. The number of carbonyl (C=O) groups excluding carboxylic acids is 1. The van der Waals surface area contributed by atoms with Gasteiger partial charge in [-0.05, 0) is 58.1 Å². The zero-order chi connectivity index (χ0) is 20.0. The van der Waals surface area contributed by atoms with E-state index < -0.39 is 0 Å². The van der Waals surface area contributed by atoms with Crippen molar-refractivity contribution in [3.63, 3.8) is 0 Å².